The monoisotopic (exact) mass is 410 g/mol. The van der Waals surface area contributed by atoms with Crippen molar-refractivity contribution in [3.05, 3.63) is 59.9 Å². The molecule has 0 radical (unpaired) electrons. The molecule has 2 heterocycles. The Morgan fingerprint density at radius 3 is 1.79 bits per heavy atom. The second kappa shape index (κ2) is 12.6. The first kappa shape index (κ1) is 26.2. The van der Waals surface area contributed by atoms with Gasteiger partial charge < -0.3 is 20.4 Å². The first-order valence-corrected chi connectivity index (χ1v) is 7.72. The maximum Gasteiger partial charge on any atom is 1.00 e. The minimum atomic E-state index is -0.929. The van der Waals surface area contributed by atoms with Crippen LogP contribution in [0.1, 0.15) is 20.7 Å². The predicted molar refractivity (Wildman–Crippen MR) is 101 cm³/mol. The maximum atomic E-state index is 11.3. The number of carboxylic acid groups (broad SMARTS) is 1. The smallest absolute Gasteiger partial charge is 0.870 e. The van der Waals surface area contributed by atoms with Crippen molar-refractivity contribution in [3.8, 4) is 0 Å². The van der Waals surface area contributed by atoms with Crippen LogP contribution in [0.3, 0.4) is 0 Å². The van der Waals surface area contributed by atoms with E-state index in [0.717, 1.165) is 23.5 Å². The van der Waals surface area contributed by atoms with Crippen molar-refractivity contribution in [1.29, 1.82) is 0 Å². The van der Waals surface area contributed by atoms with Crippen molar-refractivity contribution in [1.82, 2.24) is 20.4 Å². The van der Waals surface area contributed by atoms with Gasteiger partial charge in [0.2, 0.25) is 0 Å². The maximum absolute atomic E-state index is 11.3. The number of rotatable bonds is 2. The van der Waals surface area contributed by atoms with Gasteiger partial charge >= 0.3 is 41.5 Å². The molecule has 4 rings (SSSR count). The average Bonchev–Trinajstić information content (AvgIpc) is 3.37. The summed E-state index contributed by atoms with van der Waals surface area (Å²) in [5.74, 6) is -1.27. The molecule has 0 aliphatic carbocycles. The van der Waals surface area contributed by atoms with Crippen LogP contribution < -0.4 is 29.6 Å². The normalized spacial score (nSPS) is 9.07. The zero-order valence-electron chi connectivity index (χ0n) is 16.1. The first-order valence-electron chi connectivity index (χ1n) is 7.72. The number of methoxy groups -OCH3 is 1. The Kier molecular flexibility index (Phi) is 11.4. The number of fused-ring (bicyclic) bond motifs is 2. The molecule has 0 saturated carbocycles. The van der Waals surface area contributed by atoms with Gasteiger partial charge in [0, 0.05) is 17.9 Å². The molecule has 10 nitrogen and oxygen atoms in total. The van der Waals surface area contributed by atoms with E-state index in [2.05, 4.69) is 25.1 Å². The Morgan fingerprint density at radius 2 is 1.34 bits per heavy atom. The van der Waals surface area contributed by atoms with E-state index in [1.807, 2.05) is 6.07 Å². The number of aromatic amines is 2. The van der Waals surface area contributed by atoms with Gasteiger partial charge in [-0.1, -0.05) is 12.1 Å². The van der Waals surface area contributed by atoms with Gasteiger partial charge in [0.25, 0.3) is 0 Å². The Balaban J connectivity index is 0.000000469. The first-order chi connectivity index (χ1) is 13.1. The fourth-order valence-electron chi connectivity index (χ4n) is 2.41. The van der Waals surface area contributed by atoms with Crippen molar-refractivity contribution in [2.75, 3.05) is 14.2 Å². The molecular formula is C18H19N4NaO6. The van der Waals surface area contributed by atoms with Gasteiger partial charge in [-0.25, -0.2) is 9.59 Å². The topological polar surface area (TPSA) is 171 Å². The van der Waals surface area contributed by atoms with E-state index < -0.39 is 5.97 Å². The molecule has 2 aromatic heterocycles. The SMILES string of the molecule is CO.COC(=O)c1cccc2[nH]ncc12.O=C(O)c1cccc2[nH]ncc12.[Na+].[OH-]. The molecule has 0 bridgehead atoms. The average molecular weight is 410 g/mol. The fourth-order valence-corrected chi connectivity index (χ4v) is 2.41. The van der Waals surface area contributed by atoms with Crippen LogP contribution in [0, 0.1) is 0 Å². The number of aromatic nitrogens is 4. The van der Waals surface area contributed by atoms with Gasteiger partial charge in [-0.15, -0.1) is 0 Å². The van der Waals surface area contributed by atoms with E-state index in [9.17, 15) is 9.59 Å². The van der Waals surface area contributed by atoms with Gasteiger partial charge in [-0.05, 0) is 24.3 Å². The molecule has 4 aromatic rings. The predicted octanol–water partition coefficient (Wildman–Crippen LogP) is -0.954. The summed E-state index contributed by atoms with van der Waals surface area (Å²) in [6.45, 7) is 0. The molecule has 29 heavy (non-hydrogen) atoms. The zero-order valence-corrected chi connectivity index (χ0v) is 18.1. The third-order valence-electron chi connectivity index (χ3n) is 3.61. The van der Waals surface area contributed by atoms with Gasteiger partial charge in [0.15, 0.2) is 0 Å². The molecular weight excluding hydrogens is 391 g/mol. The molecule has 0 atom stereocenters. The number of benzene rings is 2. The molecule has 0 unspecified atom stereocenters. The van der Waals surface area contributed by atoms with Crippen molar-refractivity contribution in [2.45, 2.75) is 0 Å². The van der Waals surface area contributed by atoms with E-state index in [1.54, 1.807) is 36.5 Å². The van der Waals surface area contributed by atoms with Crippen LogP contribution in [0.25, 0.3) is 21.8 Å². The number of nitrogens with one attached hydrogen (secondary N) is 2. The minimum Gasteiger partial charge on any atom is -0.870 e. The van der Waals surface area contributed by atoms with Crippen LogP contribution in [-0.4, -0.2) is 62.2 Å². The van der Waals surface area contributed by atoms with Crippen LogP contribution in [0.2, 0.25) is 0 Å². The number of carboxylic acids is 1. The zero-order chi connectivity index (χ0) is 19.8. The Labute approximate surface area is 187 Å². The number of ether oxygens (including phenoxy) is 1. The van der Waals surface area contributed by atoms with Crippen LogP contribution in [0.4, 0.5) is 0 Å². The molecule has 11 heteroatoms. The Morgan fingerprint density at radius 1 is 0.897 bits per heavy atom. The van der Waals surface area contributed by atoms with Gasteiger partial charge in [-0.2, -0.15) is 10.2 Å². The number of aromatic carboxylic acids is 1. The van der Waals surface area contributed by atoms with Crippen molar-refractivity contribution >= 4 is 33.7 Å². The number of carbonyl (C=O) groups is 2. The van der Waals surface area contributed by atoms with Crippen molar-refractivity contribution in [2.24, 2.45) is 0 Å². The van der Waals surface area contributed by atoms with Crippen LogP contribution in [0.15, 0.2) is 48.8 Å². The van der Waals surface area contributed by atoms with E-state index in [1.165, 1.54) is 13.3 Å². The molecule has 5 N–H and O–H groups in total. The number of hydrogen-bond acceptors (Lipinski definition) is 7. The van der Waals surface area contributed by atoms with Gasteiger partial charge in [-0.3, -0.25) is 10.2 Å². The third kappa shape index (κ3) is 6.11. The largest absolute Gasteiger partial charge is 1.00 e. The molecule has 0 fully saturated rings. The number of hydrogen-bond donors (Lipinski definition) is 4. The van der Waals surface area contributed by atoms with E-state index in [4.69, 9.17) is 10.2 Å². The number of nitrogens with zero attached hydrogens (tertiary/aromatic N) is 2. The second-order valence-electron chi connectivity index (χ2n) is 5.07. The molecule has 0 saturated heterocycles. The Hall–Kier alpha value is -2.76. The van der Waals surface area contributed by atoms with Crippen molar-refractivity contribution < 1.29 is 59.6 Å². The fraction of sp³-hybridized carbons (Fsp3) is 0.111. The van der Waals surface area contributed by atoms with Gasteiger partial charge in [0.1, 0.15) is 0 Å². The van der Waals surface area contributed by atoms with Gasteiger partial charge in [0.05, 0.1) is 41.7 Å². The summed E-state index contributed by atoms with van der Waals surface area (Å²) in [6, 6.07) is 10.4. The number of H-pyrrole nitrogens is 2. The summed E-state index contributed by atoms with van der Waals surface area (Å²) in [4.78, 5) is 21.9. The summed E-state index contributed by atoms with van der Waals surface area (Å²) < 4.78 is 4.63. The second-order valence-corrected chi connectivity index (χ2v) is 5.07. The Bertz CT molecular complexity index is 1060. The molecule has 0 amide bonds. The van der Waals surface area contributed by atoms with E-state index >= 15 is 0 Å². The van der Waals surface area contributed by atoms with Crippen molar-refractivity contribution in [3.63, 3.8) is 0 Å². The minimum absolute atomic E-state index is 0. The van der Waals surface area contributed by atoms with E-state index in [-0.39, 0.29) is 46.6 Å². The van der Waals surface area contributed by atoms with Crippen LogP contribution in [-0.2, 0) is 4.74 Å². The third-order valence-corrected chi connectivity index (χ3v) is 3.61. The summed E-state index contributed by atoms with van der Waals surface area (Å²) in [7, 11) is 2.36. The number of carbonyl (C=O) groups excluding carboxylic acids is 1. The summed E-state index contributed by atoms with van der Waals surface area (Å²) in [5.41, 5.74) is 2.40. The molecule has 0 spiro atoms. The molecule has 2 aromatic carbocycles. The molecule has 0 aliphatic rings. The quantitative estimate of drug-likeness (QED) is 0.242. The number of aliphatic hydroxyl groups excluding tert-OH is 1. The molecule has 0 aliphatic heterocycles. The van der Waals surface area contributed by atoms with Crippen LogP contribution in [0.5, 0.6) is 0 Å². The summed E-state index contributed by atoms with van der Waals surface area (Å²) in [5, 5.41) is 30.3. The summed E-state index contributed by atoms with van der Waals surface area (Å²) >= 11 is 0. The molecule has 148 valence electrons. The van der Waals surface area contributed by atoms with E-state index in [0.29, 0.717) is 10.9 Å². The summed E-state index contributed by atoms with van der Waals surface area (Å²) in [6.07, 6.45) is 3.13. The number of esters is 1. The van der Waals surface area contributed by atoms with Crippen LogP contribution >= 0.6 is 0 Å². The standard InChI is InChI=1S/C9H8N2O2.C8H6N2O2.CH4O.Na.H2O/c1-13-9(12)6-3-2-4-8-7(6)5-10-11-8;11-8(12)5-2-1-3-7-6(5)4-9-10-7;1-2;;/h2-5H,1H3,(H,10,11);1-4H,(H,9,10)(H,11,12);2H,1H3;;1H2/q;;;+1;/p-1. The number of aliphatic hydroxyl groups is 1.